The van der Waals surface area contributed by atoms with Crippen LogP contribution in [0.25, 0.3) is 0 Å². The van der Waals surface area contributed by atoms with Gasteiger partial charge in [0.25, 0.3) is 0 Å². The van der Waals surface area contributed by atoms with Gasteiger partial charge in [0, 0.05) is 13.2 Å². The van der Waals surface area contributed by atoms with E-state index in [0.717, 1.165) is 38.5 Å². The molecule has 0 aromatic rings. The lowest BCUT2D eigenvalue weighted by Crippen LogP contribution is -2.38. The predicted octanol–water partition coefficient (Wildman–Crippen LogP) is 2.57. The predicted molar refractivity (Wildman–Crippen MR) is 60.2 cm³/mol. The summed E-state index contributed by atoms with van der Waals surface area (Å²) in [6.07, 6.45) is 6.25. The highest BCUT2D eigenvalue weighted by atomic mass is 16.5. The third-order valence-electron chi connectivity index (χ3n) is 3.55. The smallest absolute Gasteiger partial charge is 0.0471 e. The lowest BCUT2D eigenvalue weighted by Gasteiger charge is -2.38. The first kappa shape index (κ1) is 12.0. The summed E-state index contributed by atoms with van der Waals surface area (Å²) in [6, 6.07) is 0. The van der Waals surface area contributed by atoms with E-state index in [4.69, 9.17) is 10.5 Å². The van der Waals surface area contributed by atoms with Gasteiger partial charge in [-0.05, 0) is 37.1 Å². The van der Waals surface area contributed by atoms with Gasteiger partial charge in [-0.1, -0.05) is 26.7 Å². The van der Waals surface area contributed by atoms with E-state index in [2.05, 4.69) is 13.8 Å². The van der Waals surface area contributed by atoms with Crippen molar-refractivity contribution in [2.75, 3.05) is 19.8 Å². The molecule has 0 radical (unpaired) electrons. The van der Waals surface area contributed by atoms with Crippen LogP contribution in [-0.4, -0.2) is 19.8 Å². The topological polar surface area (TPSA) is 35.2 Å². The van der Waals surface area contributed by atoms with Crippen molar-refractivity contribution in [2.45, 2.75) is 46.0 Å². The van der Waals surface area contributed by atoms with Crippen LogP contribution in [-0.2, 0) is 4.74 Å². The molecule has 0 aromatic heterocycles. The molecule has 1 fully saturated rings. The summed E-state index contributed by atoms with van der Waals surface area (Å²) in [5.41, 5.74) is 6.32. The Balaban J connectivity index is 2.42. The van der Waals surface area contributed by atoms with Gasteiger partial charge in [-0.2, -0.15) is 0 Å². The third kappa shape index (κ3) is 3.25. The lowest BCUT2D eigenvalue weighted by atomic mass is 9.73. The Hall–Kier alpha value is -0.0800. The van der Waals surface area contributed by atoms with Crippen LogP contribution in [0, 0.1) is 11.3 Å². The minimum absolute atomic E-state index is 0.396. The van der Waals surface area contributed by atoms with E-state index in [1.54, 1.807) is 0 Å². The second-order valence-corrected chi connectivity index (χ2v) is 4.91. The molecule has 1 rings (SSSR count). The first-order valence-electron chi connectivity index (χ1n) is 6.00. The second kappa shape index (κ2) is 5.72. The Morgan fingerprint density at radius 1 is 1.36 bits per heavy atom. The van der Waals surface area contributed by atoms with Gasteiger partial charge >= 0.3 is 0 Å². The van der Waals surface area contributed by atoms with E-state index in [1.165, 1.54) is 19.3 Å². The van der Waals surface area contributed by atoms with E-state index < -0.39 is 0 Å². The quantitative estimate of drug-likeness (QED) is 0.738. The number of rotatable bonds is 5. The van der Waals surface area contributed by atoms with Crippen LogP contribution in [0.3, 0.4) is 0 Å². The monoisotopic (exact) mass is 199 g/mol. The number of ether oxygens (including phenoxy) is 1. The van der Waals surface area contributed by atoms with Crippen molar-refractivity contribution in [3.8, 4) is 0 Å². The first-order chi connectivity index (χ1) is 6.72. The lowest BCUT2D eigenvalue weighted by molar-refractivity contribution is 0.00704. The summed E-state index contributed by atoms with van der Waals surface area (Å²) in [5, 5.41) is 0. The highest BCUT2D eigenvalue weighted by molar-refractivity contribution is 4.84. The van der Waals surface area contributed by atoms with E-state index >= 15 is 0 Å². The molecular formula is C12H25NO. The summed E-state index contributed by atoms with van der Waals surface area (Å²) in [6.45, 7) is 7.28. The van der Waals surface area contributed by atoms with Crippen LogP contribution in [0.1, 0.15) is 46.0 Å². The van der Waals surface area contributed by atoms with Crippen LogP contribution in [0.4, 0.5) is 0 Å². The average Bonchev–Trinajstić information content (AvgIpc) is 2.19. The normalized spacial score (nSPS) is 23.4. The van der Waals surface area contributed by atoms with Crippen molar-refractivity contribution in [2.24, 2.45) is 17.1 Å². The van der Waals surface area contributed by atoms with E-state index in [9.17, 15) is 0 Å². The summed E-state index contributed by atoms with van der Waals surface area (Å²) in [4.78, 5) is 0. The van der Waals surface area contributed by atoms with Crippen molar-refractivity contribution >= 4 is 0 Å². The fourth-order valence-electron chi connectivity index (χ4n) is 2.63. The third-order valence-corrected chi connectivity index (χ3v) is 3.55. The van der Waals surface area contributed by atoms with Crippen LogP contribution in [0.5, 0.6) is 0 Å². The molecule has 1 atom stereocenters. The SMILES string of the molecule is CCCC(C)CC1(CN)CCOCC1. The fourth-order valence-corrected chi connectivity index (χ4v) is 2.63. The molecule has 0 spiro atoms. The van der Waals surface area contributed by atoms with Gasteiger partial charge in [-0.15, -0.1) is 0 Å². The molecule has 1 heterocycles. The van der Waals surface area contributed by atoms with Gasteiger partial charge < -0.3 is 10.5 Å². The summed E-state index contributed by atoms with van der Waals surface area (Å²) >= 11 is 0. The molecule has 2 N–H and O–H groups in total. The zero-order chi connectivity index (χ0) is 10.4. The molecule has 2 nitrogen and oxygen atoms in total. The maximum atomic E-state index is 5.93. The molecule has 0 aromatic carbocycles. The van der Waals surface area contributed by atoms with Crippen LogP contribution < -0.4 is 5.73 Å². The zero-order valence-electron chi connectivity index (χ0n) is 9.72. The van der Waals surface area contributed by atoms with E-state index in [0.29, 0.717) is 5.41 Å². The number of nitrogens with two attached hydrogens (primary N) is 1. The van der Waals surface area contributed by atoms with Crippen molar-refractivity contribution < 1.29 is 4.74 Å². The molecule has 0 amide bonds. The molecule has 0 bridgehead atoms. The van der Waals surface area contributed by atoms with Gasteiger partial charge in [0.2, 0.25) is 0 Å². The second-order valence-electron chi connectivity index (χ2n) is 4.91. The summed E-state index contributed by atoms with van der Waals surface area (Å²) in [7, 11) is 0. The fraction of sp³-hybridized carbons (Fsp3) is 1.00. The molecule has 2 heteroatoms. The van der Waals surface area contributed by atoms with Gasteiger partial charge in [-0.25, -0.2) is 0 Å². The van der Waals surface area contributed by atoms with Gasteiger partial charge in [0.1, 0.15) is 0 Å². The molecule has 1 aliphatic heterocycles. The summed E-state index contributed by atoms with van der Waals surface area (Å²) in [5.74, 6) is 0.821. The minimum Gasteiger partial charge on any atom is -0.381 e. The first-order valence-corrected chi connectivity index (χ1v) is 6.00. The van der Waals surface area contributed by atoms with Crippen LogP contribution in [0.15, 0.2) is 0 Å². The molecule has 84 valence electrons. The molecule has 1 unspecified atom stereocenters. The molecule has 0 aliphatic carbocycles. The number of hydrogen-bond acceptors (Lipinski definition) is 2. The minimum atomic E-state index is 0.396. The van der Waals surface area contributed by atoms with Crippen LogP contribution >= 0.6 is 0 Å². The van der Waals surface area contributed by atoms with Crippen molar-refractivity contribution in [1.29, 1.82) is 0 Å². The van der Waals surface area contributed by atoms with E-state index in [1.807, 2.05) is 0 Å². The van der Waals surface area contributed by atoms with Crippen molar-refractivity contribution in [3.05, 3.63) is 0 Å². The van der Waals surface area contributed by atoms with Crippen molar-refractivity contribution in [1.82, 2.24) is 0 Å². The molecular weight excluding hydrogens is 174 g/mol. The Kier molecular flexibility index (Phi) is 4.90. The molecule has 1 aliphatic rings. The van der Waals surface area contributed by atoms with Gasteiger partial charge in [0.15, 0.2) is 0 Å². The largest absolute Gasteiger partial charge is 0.381 e. The van der Waals surface area contributed by atoms with Crippen molar-refractivity contribution in [3.63, 3.8) is 0 Å². The zero-order valence-corrected chi connectivity index (χ0v) is 9.72. The highest BCUT2D eigenvalue weighted by Gasteiger charge is 2.32. The Morgan fingerprint density at radius 2 is 2.00 bits per heavy atom. The highest BCUT2D eigenvalue weighted by Crippen LogP contribution is 2.36. The molecule has 0 saturated carbocycles. The summed E-state index contributed by atoms with van der Waals surface area (Å²) < 4.78 is 5.41. The maximum absolute atomic E-state index is 5.93. The number of hydrogen-bond donors (Lipinski definition) is 1. The van der Waals surface area contributed by atoms with Crippen LogP contribution in [0.2, 0.25) is 0 Å². The average molecular weight is 199 g/mol. The Labute approximate surface area is 88.2 Å². The maximum Gasteiger partial charge on any atom is 0.0471 e. The molecule has 14 heavy (non-hydrogen) atoms. The molecule has 1 saturated heterocycles. The Bertz CT molecular complexity index is 152. The van der Waals surface area contributed by atoms with E-state index in [-0.39, 0.29) is 0 Å². The van der Waals surface area contributed by atoms with Gasteiger partial charge in [-0.3, -0.25) is 0 Å². The van der Waals surface area contributed by atoms with Gasteiger partial charge in [0.05, 0.1) is 0 Å². The standard InChI is InChI=1S/C12H25NO/c1-3-4-11(2)9-12(10-13)5-7-14-8-6-12/h11H,3-10,13H2,1-2H3. The Morgan fingerprint density at radius 3 is 2.50 bits per heavy atom.